The standard InChI is InChI=1S/C21H17FN2O3S2/c1-3-27-20(26)17-12(2)23-21-24(18(17)14-8-4-5-9-15(14)22)19(25)16(29-21)11-13-7-6-10-28-13/h4-11,18H,3H2,1-2H3/b16-11+. The van der Waals surface area contributed by atoms with E-state index < -0.39 is 17.8 Å². The van der Waals surface area contributed by atoms with Gasteiger partial charge in [0.25, 0.3) is 5.56 Å². The molecule has 1 atom stereocenters. The van der Waals surface area contributed by atoms with Gasteiger partial charge in [0.15, 0.2) is 4.80 Å². The van der Waals surface area contributed by atoms with Crippen LogP contribution in [0.1, 0.15) is 30.3 Å². The highest BCUT2D eigenvalue weighted by molar-refractivity contribution is 7.11. The molecule has 29 heavy (non-hydrogen) atoms. The normalized spacial score (nSPS) is 16.5. The molecule has 0 N–H and O–H groups in total. The first-order chi connectivity index (χ1) is 14.0. The molecule has 0 spiro atoms. The van der Waals surface area contributed by atoms with Gasteiger partial charge in [0.05, 0.1) is 22.4 Å². The molecule has 8 heteroatoms. The Hall–Kier alpha value is -2.84. The van der Waals surface area contributed by atoms with Crippen LogP contribution in [0.4, 0.5) is 4.39 Å². The van der Waals surface area contributed by atoms with Gasteiger partial charge in [-0.3, -0.25) is 9.36 Å². The summed E-state index contributed by atoms with van der Waals surface area (Å²) in [5, 5.41) is 1.92. The molecule has 5 nitrogen and oxygen atoms in total. The Labute approximate surface area is 173 Å². The van der Waals surface area contributed by atoms with E-state index >= 15 is 0 Å². The molecule has 0 aliphatic carbocycles. The molecule has 0 amide bonds. The topological polar surface area (TPSA) is 60.7 Å². The third-order valence-corrected chi connectivity index (χ3v) is 6.34. The summed E-state index contributed by atoms with van der Waals surface area (Å²) < 4.78 is 21.8. The summed E-state index contributed by atoms with van der Waals surface area (Å²) in [5.74, 6) is -1.10. The SMILES string of the molecule is CCOC(=O)C1=C(C)N=c2s/c(=C/c3cccs3)c(=O)n2C1c1ccccc1F. The smallest absolute Gasteiger partial charge is 0.338 e. The number of rotatable bonds is 4. The van der Waals surface area contributed by atoms with Crippen molar-refractivity contribution in [3.05, 3.63) is 89.0 Å². The number of halogens is 1. The van der Waals surface area contributed by atoms with E-state index in [9.17, 15) is 14.0 Å². The number of allylic oxidation sites excluding steroid dienone is 1. The van der Waals surface area contributed by atoms with Crippen LogP contribution in [-0.2, 0) is 9.53 Å². The van der Waals surface area contributed by atoms with Crippen LogP contribution in [0.2, 0.25) is 0 Å². The highest BCUT2D eigenvalue weighted by Gasteiger charge is 2.34. The quantitative estimate of drug-likeness (QED) is 0.601. The largest absolute Gasteiger partial charge is 0.463 e. The molecule has 1 aliphatic heterocycles. The van der Waals surface area contributed by atoms with Crippen molar-refractivity contribution in [3.63, 3.8) is 0 Å². The van der Waals surface area contributed by atoms with E-state index in [0.29, 0.717) is 15.0 Å². The Morgan fingerprint density at radius 2 is 2.10 bits per heavy atom. The van der Waals surface area contributed by atoms with Gasteiger partial charge in [-0.05, 0) is 37.4 Å². The number of hydrogen-bond acceptors (Lipinski definition) is 6. The van der Waals surface area contributed by atoms with Crippen LogP contribution in [0, 0.1) is 5.82 Å². The Morgan fingerprint density at radius 1 is 1.31 bits per heavy atom. The highest BCUT2D eigenvalue weighted by atomic mass is 32.1. The van der Waals surface area contributed by atoms with Gasteiger partial charge in [-0.25, -0.2) is 14.2 Å². The van der Waals surface area contributed by atoms with E-state index in [1.807, 2.05) is 17.5 Å². The van der Waals surface area contributed by atoms with Gasteiger partial charge in [-0.15, -0.1) is 11.3 Å². The van der Waals surface area contributed by atoms with Gasteiger partial charge in [0, 0.05) is 10.4 Å². The number of hydrogen-bond donors (Lipinski definition) is 0. The van der Waals surface area contributed by atoms with E-state index in [1.165, 1.54) is 33.3 Å². The first-order valence-electron chi connectivity index (χ1n) is 8.99. The lowest BCUT2D eigenvalue weighted by molar-refractivity contribution is -0.139. The van der Waals surface area contributed by atoms with E-state index in [2.05, 4.69) is 4.99 Å². The summed E-state index contributed by atoms with van der Waals surface area (Å²) in [5.41, 5.74) is 0.506. The summed E-state index contributed by atoms with van der Waals surface area (Å²) in [4.78, 5) is 31.8. The Bertz CT molecular complexity index is 1290. The van der Waals surface area contributed by atoms with Gasteiger partial charge in [-0.2, -0.15) is 0 Å². The van der Waals surface area contributed by atoms with Crippen molar-refractivity contribution in [3.8, 4) is 0 Å². The van der Waals surface area contributed by atoms with E-state index in [1.54, 1.807) is 38.1 Å². The number of fused-ring (bicyclic) bond motifs is 1. The van der Waals surface area contributed by atoms with Crippen molar-refractivity contribution in [2.45, 2.75) is 19.9 Å². The van der Waals surface area contributed by atoms with E-state index in [0.717, 1.165) is 4.88 Å². The van der Waals surface area contributed by atoms with E-state index in [4.69, 9.17) is 4.74 Å². The summed E-state index contributed by atoms with van der Waals surface area (Å²) >= 11 is 2.73. The molecule has 148 valence electrons. The van der Waals surface area contributed by atoms with Crippen LogP contribution in [0.15, 0.2) is 62.8 Å². The molecule has 1 aliphatic rings. The van der Waals surface area contributed by atoms with Crippen molar-refractivity contribution in [1.29, 1.82) is 0 Å². The highest BCUT2D eigenvalue weighted by Crippen LogP contribution is 2.32. The third kappa shape index (κ3) is 3.49. The fourth-order valence-corrected chi connectivity index (χ4v) is 5.05. The zero-order chi connectivity index (χ0) is 20.5. The number of esters is 1. The fourth-order valence-electron chi connectivity index (χ4n) is 3.29. The first-order valence-corrected chi connectivity index (χ1v) is 10.7. The zero-order valence-corrected chi connectivity index (χ0v) is 17.3. The van der Waals surface area contributed by atoms with Gasteiger partial charge in [-0.1, -0.05) is 35.6 Å². The molecule has 3 aromatic rings. The average Bonchev–Trinajstić information content (AvgIpc) is 3.30. The van der Waals surface area contributed by atoms with Gasteiger partial charge < -0.3 is 4.74 Å². The Kier molecular flexibility index (Phi) is 5.29. The van der Waals surface area contributed by atoms with Crippen molar-refractivity contribution in [2.24, 2.45) is 4.99 Å². The molecule has 1 unspecified atom stereocenters. The minimum Gasteiger partial charge on any atom is -0.463 e. The second-order valence-corrected chi connectivity index (χ2v) is 8.33. The van der Waals surface area contributed by atoms with Crippen LogP contribution in [0.3, 0.4) is 0 Å². The lowest BCUT2D eigenvalue weighted by Gasteiger charge is -2.24. The van der Waals surface area contributed by atoms with Crippen molar-refractivity contribution in [1.82, 2.24) is 4.57 Å². The van der Waals surface area contributed by atoms with Gasteiger partial charge in [0.2, 0.25) is 0 Å². The van der Waals surface area contributed by atoms with Crippen LogP contribution in [0.25, 0.3) is 6.08 Å². The summed E-state index contributed by atoms with van der Waals surface area (Å²) in [6.45, 7) is 3.54. The van der Waals surface area contributed by atoms with Crippen molar-refractivity contribution >= 4 is 34.7 Å². The predicted octanol–water partition coefficient (Wildman–Crippen LogP) is 3.00. The number of carbonyl (C=O) groups is 1. The average molecular weight is 429 g/mol. The van der Waals surface area contributed by atoms with Crippen LogP contribution < -0.4 is 14.9 Å². The van der Waals surface area contributed by atoms with Crippen LogP contribution >= 0.6 is 22.7 Å². The summed E-state index contributed by atoms with van der Waals surface area (Å²) in [7, 11) is 0. The molecule has 1 aromatic carbocycles. The molecule has 3 heterocycles. The minimum absolute atomic E-state index is 0.169. The van der Waals surface area contributed by atoms with E-state index in [-0.39, 0.29) is 23.3 Å². The van der Waals surface area contributed by atoms with Gasteiger partial charge >= 0.3 is 5.97 Å². The van der Waals surface area contributed by atoms with Crippen LogP contribution in [0.5, 0.6) is 0 Å². The number of ether oxygens (including phenoxy) is 1. The van der Waals surface area contributed by atoms with Crippen molar-refractivity contribution < 1.29 is 13.9 Å². The molecule has 0 fully saturated rings. The Morgan fingerprint density at radius 3 is 2.79 bits per heavy atom. The number of aromatic nitrogens is 1. The maximum Gasteiger partial charge on any atom is 0.338 e. The molecule has 0 radical (unpaired) electrons. The second-order valence-electron chi connectivity index (χ2n) is 6.34. The number of carbonyl (C=O) groups excluding carboxylic acids is 1. The molecule has 2 aromatic heterocycles. The first kappa shape index (κ1) is 19.5. The number of thiophene rings is 1. The Balaban J connectivity index is 2.00. The monoisotopic (exact) mass is 428 g/mol. The molecule has 0 saturated heterocycles. The molecule has 0 saturated carbocycles. The summed E-state index contributed by atoms with van der Waals surface area (Å²) in [6.07, 6.45) is 1.79. The molecule has 4 rings (SSSR count). The molecular weight excluding hydrogens is 411 g/mol. The zero-order valence-electron chi connectivity index (χ0n) is 15.7. The maximum atomic E-state index is 14.7. The number of benzene rings is 1. The third-order valence-electron chi connectivity index (χ3n) is 4.53. The lowest BCUT2D eigenvalue weighted by atomic mass is 9.95. The summed E-state index contributed by atoms with van der Waals surface area (Å²) in [6, 6.07) is 9.02. The van der Waals surface area contributed by atoms with Gasteiger partial charge in [0.1, 0.15) is 11.9 Å². The maximum absolute atomic E-state index is 14.7. The van der Waals surface area contributed by atoms with Crippen LogP contribution in [-0.4, -0.2) is 17.1 Å². The molecule has 0 bridgehead atoms. The second kappa shape index (κ2) is 7.88. The van der Waals surface area contributed by atoms with Crippen molar-refractivity contribution in [2.75, 3.05) is 6.61 Å². The fraction of sp³-hybridized carbons (Fsp3) is 0.190. The number of thiazole rings is 1. The minimum atomic E-state index is -0.933. The number of nitrogens with zero attached hydrogens (tertiary/aromatic N) is 2. The molecular formula is C21H17FN2O3S2. The predicted molar refractivity (Wildman–Crippen MR) is 111 cm³/mol. The lowest BCUT2D eigenvalue weighted by Crippen LogP contribution is -2.40.